The van der Waals surface area contributed by atoms with E-state index in [2.05, 4.69) is 13.8 Å². The van der Waals surface area contributed by atoms with Gasteiger partial charge in [-0.15, -0.1) is 0 Å². The van der Waals surface area contributed by atoms with E-state index in [0.717, 1.165) is 55.5 Å². The molecule has 1 heterocycles. The first-order valence-electron chi connectivity index (χ1n) is 11.2. The molecule has 3 rings (SSSR count). The minimum atomic E-state index is -3.50. The molecule has 0 spiro atoms. The fourth-order valence-corrected chi connectivity index (χ4v) is 6.29. The fourth-order valence-electron chi connectivity index (χ4n) is 4.31. The zero-order chi connectivity index (χ0) is 22.6. The molecule has 0 atom stereocenters. The van der Waals surface area contributed by atoms with Gasteiger partial charge in [-0.25, -0.2) is 8.42 Å². The molecule has 6 heteroatoms. The number of unbranched alkanes of at least 4 members (excludes halogenated alkanes) is 2. The number of hydrogen-bond acceptors (Lipinski definition) is 5. The minimum absolute atomic E-state index is 0.0557. The first-order chi connectivity index (χ1) is 14.7. The summed E-state index contributed by atoms with van der Waals surface area (Å²) < 4.78 is 27.3. The van der Waals surface area contributed by atoms with Crippen molar-refractivity contribution in [3.63, 3.8) is 0 Å². The van der Waals surface area contributed by atoms with Gasteiger partial charge < -0.3 is 10.6 Å². The molecule has 0 saturated heterocycles. The molecule has 0 radical (unpaired) electrons. The Morgan fingerprint density at radius 1 is 1.03 bits per heavy atom. The molecule has 31 heavy (non-hydrogen) atoms. The lowest BCUT2D eigenvalue weighted by atomic mass is 9.88. The van der Waals surface area contributed by atoms with Crippen molar-refractivity contribution in [2.45, 2.75) is 62.8 Å². The maximum Gasteiger partial charge on any atom is 0.181 e. The van der Waals surface area contributed by atoms with Gasteiger partial charge in [0.2, 0.25) is 0 Å². The van der Waals surface area contributed by atoms with Gasteiger partial charge >= 0.3 is 0 Å². The molecule has 0 saturated carbocycles. The third kappa shape index (κ3) is 5.12. The number of nitrogens with zero attached hydrogens (tertiary/aromatic N) is 2. The largest absolute Gasteiger partial charge is 0.399 e. The summed E-state index contributed by atoms with van der Waals surface area (Å²) in [6.45, 7) is 4.28. The molecule has 1 aliphatic rings. The highest BCUT2D eigenvalue weighted by Gasteiger charge is 2.40. The number of sulfone groups is 1. The van der Waals surface area contributed by atoms with Crippen molar-refractivity contribution in [2.75, 3.05) is 30.5 Å². The number of hydrogen-bond donors (Lipinski definition) is 1. The molecule has 2 aromatic rings. The molecule has 0 unspecified atom stereocenters. The number of fused-ring (bicyclic) bond motifs is 1. The van der Waals surface area contributed by atoms with Crippen LogP contribution in [-0.4, -0.2) is 39.5 Å². The van der Waals surface area contributed by atoms with E-state index in [0.29, 0.717) is 16.1 Å². The normalized spacial score (nSPS) is 16.8. The van der Waals surface area contributed by atoms with Crippen LogP contribution in [0.3, 0.4) is 0 Å². The second-order valence-electron chi connectivity index (χ2n) is 8.85. The molecule has 168 valence electrons. The van der Waals surface area contributed by atoms with Crippen LogP contribution in [-0.2, 0) is 9.84 Å². The van der Waals surface area contributed by atoms with Gasteiger partial charge in [-0.1, -0.05) is 51.7 Å². The molecule has 0 bridgehead atoms. The van der Waals surface area contributed by atoms with Crippen molar-refractivity contribution in [2.24, 2.45) is 4.99 Å². The molecule has 0 aromatic heterocycles. The van der Waals surface area contributed by atoms with E-state index in [4.69, 9.17) is 10.7 Å². The first-order valence-corrected chi connectivity index (χ1v) is 12.9. The number of aliphatic imine (C=N–C) groups is 1. The summed E-state index contributed by atoms with van der Waals surface area (Å²) in [7, 11) is 0.406. The number of rotatable bonds is 8. The van der Waals surface area contributed by atoms with Crippen LogP contribution in [0.1, 0.15) is 63.5 Å². The van der Waals surface area contributed by atoms with Crippen LogP contribution in [0.4, 0.5) is 11.4 Å². The summed E-state index contributed by atoms with van der Waals surface area (Å²) in [6, 6.07) is 13.2. The van der Waals surface area contributed by atoms with Crippen molar-refractivity contribution < 1.29 is 8.42 Å². The summed E-state index contributed by atoms with van der Waals surface area (Å²) in [5.74, 6) is 0.0557. The summed E-state index contributed by atoms with van der Waals surface area (Å²) >= 11 is 0. The minimum Gasteiger partial charge on any atom is -0.399 e. The Kier molecular flexibility index (Phi) is 7.10. The van der Waals surface area contributed by atoms with Gasteiger partial charge in [-0.05, 0) is 43.2 Å². The van der Waals surface area contributed by atoms with Crippen LogP contribution >= 0.6 is 0 Å². The SMILES string of the molecule is CCCCC1(CCCC)CS(=O)(=O)c2ccc(N(C)C)cc2C(c2cccc(N)c2)=N1. The summed E-state index contributed by atoms with van der Waals surface area (Å²) in [6.07, 6.45) is 5.45. The van der Waals surface area contributed by atoms with Crippen LogP contribution in [0, 0.1) is 0 Å². The van der Waals surface area contributed by atoms with Crippen LogP contribution in [0.25, 0.3) is 0 Å². The lowest BCUT2D eigenvalue weighted by molar-refractivity contribution is 0.380. The molecule has 0 aliphatic carbocycles. The highest BCUT2D eigenvalue weighted by molar-refractivity contribution is 7.91. The van der Waals surface area contributed by atoms with E-state index >= 15 is 0 Å². The molecule has 0 fully saturated rings. The molecule has 0 amide bonds. The fraction of sp³-hybridized carbons (Fsp3) is 0.480. The highest BCUT2D eigenvalue weighted by Crippen LogP contribution is 2.37. The van der Waals surface area contributed by atoms with E-state index in [9.17, 15) is 8.42 Å². The highest BCUT2D eigenvalue weighted by atomic mass is 32.2. The first kappa shape index (κ1) is 23.3. The lowest BCUT2D eigenvalue weighted by Crippen LogP contribution is -2.35. The standard InChI is InChI=1S/C25H35N3O2S/c1-5-7-14-25(15-8-6-2)18-31(29,30)23-13-12-21(28(3)4)17-22(23)24(27-25)19-10-9-11-20(26)16-19/h9-13,16-17H,5-8,14-15,18,26H2,1-4H3. The van der Waals surface area contributed by atoms with Crippen LogP contribution in [0.15, 0.2) is 52.4 Å². The van der Waals surface area contributed by atoms with Gasteiger partial charge in [0.05, 0.1) is 21.9 Å². The van der Waals surface area contributed by atoms with E-state index in [1.54, 1.807) is 6.07 Å². The Bertz CT molecular complexity index is 1050. The van der Waals surface area contributed by atoms with Gasteiger partial charge in [0.15, 0.2) is 9.84 Å². The predicted molar refractivity (Wildman–Crippen MR) is 131 cm³/mol. The predicted octanol–water partition coefficient (Wildman–Crippen LogP) is 5.08. The average Bonchev–Trinajstić information content (AvgIpc) is 2.83. The van der Waals surface area contributed by atoms with Gasteiger partial charge in [-0.2, -0.15) is 0 Å². The second kappa shape index (κ2) is 9.43. The number of nitrogens with two attached hydrogens (primary N) is 1. The third-order valence-electron chi connectivity index (χ3n) is 6.03. The van der Waals surface area contributed by atoms with Gasteiger partial charge in [-0.3, -0.25) is 4.99 Å². The maximum atomic E-state index is 13.6. The smallest absolute Gasteiger partial charge is 0.181 e. The quantitative estimate of drug-likeness (QED) is 0.580. The lowest BCUT2D eigenvalue weighted by Gasteiger charge is -2.29. The Hall–Kier alpha value is -2.34. The average molecular weight is 442 g/mol. The van der Waals surface area contributed by atoms with E-state index in [-0.39, 0.29) is 5.75 Å². The van der Waals surface area contributed by atoms with E-state index in [1.165, 1.54) is 0 Å². The topological polar surface area (TPSA) is 75.8 Å². The van der Waals surface area contributed by atoms with E-state index < -0.39 is 15.4 Å². The molecule has 2 N–H and O–H groups in total. The maximum absolute atomic E-state index is 13.6. The summed E-state index contributed by atoms with van der Waals surface area (Å²) in [4.78, 5) is 7.65. The summed E-state index contributed by atoms with van der Waals surface area (Å²) in [5.41, 5.74) is 9.34. The molecule has 5 nitrogen and oxygen atoms in total. The molecule has 2 aromatic carbocycles. The van der Waals surface area contributed by atoms with Crippen molar-refractivity contribution in [1.29, 1.82) is 0 Å². The molecular formula is C25H35N3O2S. The van der Waals surface area contributed by atoms with Gasteiger partial charge in [0.25, 0.3) is 0 Å². The summed E-state index contributed by atoms with van der Waals surface area (Å²) in [5, 5.41) is 0. The van der Waals surface area contributed by atoms with Crippen molar-refractivity contribution in [3.8, 4) is 0 Å². The van der Waals surface area contributed by atoms with E-state index in [1.807, 2.05) is 55.4 Å². The van der Waals surface area contributed by atoms with Crippen LogP contribution in [0.2, 0.25) is 0 Å². The third-order valence-corrected chi connectivity index (χ3v) is 7.97. The van der Waals surface area contributed by atoms with Gasteiger partial charge in [0.1, 0.15) is 0 Å². The Morgan fingerprint density at radius 2 is 1.71 bits per heavy atom. The van der Waals surface area contributed by atoms with Crippen molar-refractivity contribution in [1.82, 2.24) is 0 Å². The Labute approximate surface area is 187 Å². The van der Waals surface area contributed by atoms with Gasteiger partial charge in [0, 0.05) is 36.6 Å². The van der Waals surface area contributed by atoms with Crippen molar-refractivity contribution in [3.05, 3.63) is 53.6 Å². The Morgan fingerprint density at radius 3 is 2.29 bits per heavy atom. The van der Waals surface area contributed by atoms with Crippen LogP contribution in [0.5, 0.6) is 0 Å². The molecule has 1 aliphatic heterocycles. The van der Waals surface area contributed by atoms with Crippen molar-refractivity contribution >= 4 is 26.9 Å². The number of nitrogen functional groups attached to an aromatic ring is 1. The number of anilines is 2. The zero-order valence-electron chi connectivity index (χ0n) is 19.2. The number of benzene rings is 2. The van der Waals surface area contributed by atoms with Crippen LogP contribution < -0.4 is 10.6 Å². The molecular weight excluding hydrogens is 406 g/mol. The Balaban J connectivity index is 2.33. The monoisotopic (exact) mass is 441 g/mol. The zero-order valence-corrected chi connectivity index (χ0v) is 20.0. The second-order valence-corrected chi connectivity index (χ2v) is 10.8.